The number of carbonyl (C=O) groups is 1. The molecule has 1 amide bonds. The average molecular weight is 358 g/mol. The van der Waals surface area contributed by atoms with Crippen LogP contribution >= 0.6 is 27.5 Å². The van der Waals surface area contributed by atoms with Crippen molar-refractivity contribution >= 4 is 44.9 Å². The molecule has 20 heavy (non-hydrogen) atoms. The van der Waals surface area contributed by atoms with Crippen molar-refractivity contribution in [3.05, 3.63) is 55.9 Å². The van der Waals surface area contributed by atoms with Crippen molar-refractivity contribution in [2.75, 3.05) is 5.32 Å². The third kappa shape index (κ3) is 3.28. The fourth-order valence-corrected chi connectivity index (χ4v) is 1.96. The Hall–Kier alpha value is -2.06. The zero-order chi connectivity index (χ0) is 14.7. The molecule has 2 aromatic rings. The summed E-state index contributed by atoms with van der Waals surface area (Å²) in [5, 5.41) is 13.4. The molecule has 102 valence electrons. The van der Waals surface area contributed by atoms with Crippen LogP contribution in [-0.2, 0) is 0 Å². The minimum Gasteiger partial charge on any atom is -0.306 e. The first-order valence-corrected chi connectivity index (χ1v) is 6.37. The number of nitro groups is 1. The van der Waals surface area contributed by atoms with Gasteiger partial charge in [0.05, 0.1) is 10.5 Å². The standard InChI is InChI=1S/C11H6BrClN4O3/c12-8-2-1-6(17(19)20)3-7(8)11(18)16-10-4-9(13)14-5-15-10/h1-5H,(H,14,15,16,18). The summed E-state index contributed by atoms with van der Waals surface area (Å²) in [5.41, 5.74) is -0.0620. The topological polar surface area (TPSA) is 98.0 Å². The second-order valence-electron chi connectivity index (χ2n) is 3.60. The summed E-state index contributed by atoms with van der Waals surface area (Å²) in [5.74, 6) is -0.344. The first-order chi connectivity index (χ1) is 9.47. The quantitative estimate of drug-likeness (QED) is 0.517. The van der Waals surface area contributed by atoms with Gasteiger partial charge in [0.2, 0.25) is 0 Å². The van der Waals surface area contributed by atoms with Crippen LogP contribution in [0, 0.1) is 10.1 Å². The largest absolute Gasteiger partial charge is 0.306 e. The van der Waals surface area contributed by atoms with Crippen molar-refractivity contribution in [3.63, 3.8) is 0 Å². The van der Waals surface area contributed by atoms with Gasteiger partial charge in [-0.25, -0.2) is 9.97 Å². The molecule has 0 fully saturated rings. The van der Waals surface area contributed by atoms with E-state index in [0.717, 1.165) is 0 Å². The van der Waals surface area contributed by atoms with Crippen LogP contribution in [0.5, 0.6) is 0 Å². The molecule has 1 N–H and O–H groups in total. The second-order valence-corrected chi connectivity index (χ2v) is 4.84. The van der Waals surface area contributed by atoms with E-state index in [1.54, 1.807) is 0 Å². The van der Waals surface area contributed by atoms with E-state index in [4.69, 9.17) is 11.6 Å². The van der Waals surface area contributed by atoms with E-state index >= 15 is 0 Å². The lowest BCUT2D eigenvalue weighted by molar-refractivity contribution is -0.384. The zero-order valence-electron chi connectivity index (χ0n) is 9.71. The summed E-state index contributed by atoms with van der Waals surface area (Å²) in [6.07, 6.45) is 1.19. The lowest BCUT2D eigenvalue weighted by Gasteiger charge is -2.06. The van der Waals surface area contributed by atoms with Gasteiger partial charge in [0.25, 0.3) is 11.6 Å². The van der Waals surface area contributed by atoms with E-state index in [2.05, 4.69) is 31.2 Å². The van der Waals surface area contributed by atoms with Gasteiger partial charge in [-0.15, -0.1) is 0 Å². The summed E-state index contributed by atoms with van der Waals surface area (Å²) in [4.78, 5) is 29.7. The van der Waals surface area contributed by atoms with Crippen LogP contribution in [0.15, 0.2) is 35.1 Å². The van der Waals surface area contributed by atoms with Crippen molar-refractivity contribution in [3.8, 4) is 0 Å². The Morgan fingerprint density at radius 1 is 1.35 bits per heavy atom. The number of aromatic nitrogens is 2. The van der Waals surface area contributed by atoms with Crippen LogP contribution < -0.4 is 5.32 Å². The van der Waals surface area contributed by atoms with Crippen molar-refractivity contribution in [1.82, 2.24) is 9.97 Å². The van der Waals surface area contributed by atoms with Gasteiger partial charge in [-0.05, 0) is 22.0 Å². The van der Waals surface area contributed by atoms with Crippen molar-refractivity contribution in [1.29, 1.82) is 0 Å². The third-order valence-electron chi connectivity index (χ3n) is 2.28. The van der Waals surface area contributed by atoms with Gasteiger partial charge in [0.1, 0.15) is 17.3 Å². The number of benzene rings is 1. The molecule has 1 heterocycles. The molecule has 0 atom stereocenters. The lowest BCUT2D eigenvalue weighted by atomic mass is 10.2. The highest BCUT2D eigenvalue weighted by Crippen LogP contribution is 2.23. The Morgan fingerprint density at radius 3 is 2.75 bits per heavy atom. The number of halogens is 2. The summed E-state index contributed by atoms with van der Waals surface area (Å²) < 4.78 is 0.431. The minimum absolute atomic E-state index is 0.119. The van der Waals surface area contributed by atoms with Gasteiger partial charge in [0, 0.05) is 22.7 Å². The van der Waals surface area contributed by atoms with Crippen LogP contribution in [0.4, 0.5) is 11.5 Å². The zero-order valence-corrected chi connectivity index (χ0v) is 12.1. The highest BCUT2D eigenvalue weighted by molar-refractivity contribution is 9.10. The number of anilines is 1. The van der Waals surface area contributed by atoms with E-state index in [9.17, 15) is 14.9 Å². The van der Waals surface area contributed by atoms with Crippen molar-refractivity contribution in [2.45, 2.75) is 0 Å². The Labute approximate surface area is 126 Å². The van der Waals surface area contributed by atoms with E-state index in [1.807, 2.05) is 0 Å². The second kappa shape index (κ2) is 5.93. The third-order valence-corrected chi connectivity index (χ3v) is 3.18. The van der Waals surface area contributed by atoms with Crippen LogP contribution in [-0.4, -0.2) is 20.8 Å². The molecular weight excluding hydrogens is 352 g/mol. The Balaban J connectivity index is 2.29. The minimum atomic E-state index is -0.579. The highest BCUT2D eigenvalue weighted by Gasteiger charge is 2.16. The van der Waals surface area contributed by atoms with E-state index in [1.165, 1.54) is 30.6 Å². The molecule has 0 bridgehead atoms. The molecule has 0 aliphatic rings. The highest BCUT2D eigenvalue weighted by atomic mass is 79.9. The molecule has 0 radical (unpaired) electrons. The Morgan fingerprint density at radius 2 is 2.10 bits per heavy atom. The van der Waals surface area contributed by atoms with Gasteiger partial charge >= 0.3 is 0 Å². The lowest BCUT2D eigenvalue weighted by Crippen LogP contribution is -2.14. The maximum Gasteiger partial charge on any atom is 0.270 e. The molecule has 1 aromatic heterocycles. The molecule has 0 saturated heterocycles. The fraction of sp³-hybridized carbons (Fsp3) is 0. The molecular formula is C11H6BrClN4O3. The number of non-ortho nitro benzene ring substituents is 1. The normalized spacial score (nSPS) is 10.1. The fourth-order valence-electron chi connectivity index (χ4n) is 1.39. The van der Waals surface area contributed by atoms with E-state index in [0.29, 0.717) is 4.47 Å². The van der Waals surface area contributed by atoms with Crippen LogP contribution in [0.25, 0.3) is 0 Å². The first kappa shape index (κ1) is 14.4. The van der Waals surface area contributed by atoms with Crippen LogP contribution in [0.2, 0.25) is 5.15 Å². The summed E-state index contributed by atoms with van der Waals surface area (Å²) in [6.45, 7) is 0. The van der Waals surface area contributed by atoms with Gasteiger partial charge < -0.3 is 5.32 Å². The number of carbonyl (C=O) groups excluding carboxylic acids is 1. The van der Waals surface area contributed by atoms with E-state index in [-0.39, 0.29) is 22.2 Å². The first-order valence-electron chi connectivity index (χ1n) is 5.20. The van der Waals surface area contributed by atoms with Crippen LogP contribution in [0.3, 0.4) is 0 Å². The molecule has 1 aromatic carbocycles. The Bertz CT molecular complexity index is 695. The molecule has 0 unspecified atom stereocenters. The molecule has 0 aliphatic carbocycles. The average Bonchev–Trinajstić information content (AvgIpc) is 2.38. The predicted octanol–water partition coefficient (Wildman–Crippen LogP) is 3.05. The molecule has 0 saturated carbocycles. The number of nitrogens with zero attached hydrogens (tertiary/aromatic N) is 3. The Kier molecular flexibility index (Phi) is 4.26. The number of rotatable bonds is 3. The SMILES string of the molecule is O=C(Nc1cc(Cl)ncn1)c1cc([N+](=O)[O-])ccc1Br. The van der Waals surface area contributed by atoms with Gasteiger partial charge in [-0.3, -0.25) is 14.9 Å². The maximum absolute atomic E-state index is 12.1. The van der Waals surface area contributed by atoms with Gasteiger partial charge in [-0.2, -0.15) is 0 Å². The molecule has 7 nitrogen and oxygen atoms in total. The summed E-state index contributed by atoms with van der Waals surface area (Å²) in [7, 11) is 0. The van der Waals surface area contributed by atoms with Crippen molar-refractivity contribution in [2.24, 2.45) is 0 Å². The van der Waals surface area contributed by atoms with Crippen LogP contribution in [0.1, 0.15) is 10.4 Å². The number of amides is 1. The smallest absolute Gasteiger partial charge is 0.270 e. The predicted molar refractivity (Wildman–Crippen MR) is 75.8 cm³/mol. The number of hydrogen-bond acceptors (Lipinski definition) is 5. The summed E-state index contributed by atoms with van der Waals surface area (Å²) >= 11 is 8.84. The van der Waals surface area contributed by atoms with Crippen molar-refractivity contribution < 1.29 is 9.72 Å². The van der Waals surface area contributed by atoms with Gasteiger partial charge in [-0.1, -0.05) is 11.6 Å². The summed E-state index contributed by atoms with van der Waals surface area (Å²) in [6, 6.07) is 5.26. The van der Waals surface area contributed by atoms with E-state index < -0.39 is 10.8 Å². The number of nitrogens with one attached hydrogen (secondary N) is 1. The molecule has 9 heteroatoms. The monoisotopic (exact) mass is 356 g/mol. The molecule has 2 rings (SSSR count). The maximum atomic E-state index is 12.1. The molecule has 0 spiro atoms. The number of hydrogen-bond donors (Lipinski definition) is 1. The van der Waals surface area contributed by atoms with Gasteiger partial charge in [0.15, 0.2) is 0 Å². The number of nitro benzene ring substituents is 1. The molecule has 0 aliphatic heterocycles.